The SMILES string of the molecule is COC[C@H]1CCCN1P(C1=C(P(c2ccccc2)c2ccccc2)CC=C1)N1CCC[C@@H]1COC. The van der Waals surface area contributed by atoms with Crippen LogP contribution in [0, 0.1) is 0 Å². The molecule has 0 N–H and O–H groups in total. The van der Waals surface area contributed by atoms with E-state index in [1.807, 2.05) is 14.2 Å². The van der Waals surface area contributed by atoms with E-state index in [0.29, 0.717) is 12.1 Å². The number of allylic oxidation sites excluding steroid dienone is 4. The van der Waals surface area contributed by atoms with Gasteiger partial charge >= 0.3 is 0 Å². The van der Waals surface area contributed by atoms with Gasteiger partial charge in [0.2, 0.25) is 0 Å². The fraction of sp³-hybridized carbons (Fsp3) is 0.448. The number of methoxy groups -OCH3 is 2. The van der Waals surface area contributed by atoms with Crippen molar-refractivity contribution < 1.29 is 9.47 Å². The molecule has 3 aliphatic rings. The fourth-order valence-corrected chi connectivity index (χ4v) is 11.8. The van der Waals surface area contributed by atoms with Crippen LogP contribution in [0.2, 0.25) is 0 Å². The Balaban J connectivity index is 1.62. The van der Waals surface area contributed by atoms with Crippen molar-refractivity contribution in [3.05, 3.63) is 83.4 Å². The summed E-state index contributed by atoms with van der Waals surface area (Å²) in [5, 5.41) is 6.12. The zero-order chi connectivity index (χ0) is 24.0. The first-order chi connectivity index (χ1) is 17.3. The predicted molar refractivity (Wildman–Crippen MR) is 150 cm³/mol. The third-order valence-corrected chi connectivity index (χ3v) is 12.9. The van der Waals surface area contributed by atoms with E-state index in [1.54, 1.807) is 10.6 Å². The summed E-state index contributed by atoms with van der Waals surface area (Å²) in [6, 6.07) is 23.4. The summed E-state index contributed by atoms with van der Waals surface area (Å²) in [6.45, 7) is 3.96. The molecule has 2 saturated heterocycles. The molecule has 0 spiro atoms. The average Bonchev–Trinajstić information content (AvgIpc) is 3.65. The summed E-state index contributed by atoms with van der Waals surface area (Å²) < 4.78 is 17.1. The van der Waals surface area contributed by atoms with E-state index in [4.69, 9.17) is 9.47 Å². The second-order valence-electron chi connectivity index (χ2n) is 9.56. The number of benzene rings is 2. The van der Waals surface area contributed by atoms with Crippen LogP contribution >= 0.6 is 16.1 Å². The Morgan fingerprint density at radius 1 is 0.771 bits per heavy atom. The Kier molecular flexibility index (Phi) is 8.84. The van der Waals surface area contributed by atoms with Gasteiger partial charge in [-0.2, -0.15) is 0 Å². The van der Waals surface area contributed by atoms with E-state index in [0.717, 1.165) is 32.7 Å². The van der Waals surface area contributed by atoms with Crippen LogP contribution < -0.4 is 10.6 Å². The number of nitrogens with zero attached hydrogens (tertiary/aromatic N) is 2. The van der Waals surface area contributed by atoms with Crippen LogP contribution in [-0.4, -0.2) is 61.9 Å². The van der Waals surface area contributed by atoms with Gasteiger partial charge in [-0.25, -0.2) is 0 Å². The summed E-state index contributed by atoms with van der Waals surface area (Å²) in [5.41, 5.74) is 0. The quantitative estimate of drug-likeness (QED) is 0.378. The zero-order valence-corrected chi connectivity index (χ0v) is 22.8. The average molecular weight is 509 g/mol. The highest BCUT2D eigenvalue weighted by molar-refractivity contribution is 7.77. The first kappa shape index (κ1) is 25.3. The topological polar surface area (TPSA) is 24.9 Å². The van der Waals surface area contributed by atoms with Crippen molar-refractivity contribution in [3.63, 3.8) is 0 Å². The standard InChI is InChI=1S/C29H38N2O2P2/c1-32-22-24-12-10-20-30(24)35(31-21-11-13-25(31)23-33-2)29-19-9-18-28(29)34(26-14-5-3-6-15-26)27-16-7-4-8-17-27/h3-9,14-17,19,24-25H,10-13,18,20-23H2,1-2H3/t24-,25-/m1/s1. The van der Waals surface area contributed by atoms with Crippen molar-refractivity contribution >= 4 is 26.8 Å². The molecule has 0 radical (unpaired) electrons. The molecule has 186 valence electrons. The summed E-state index contributed by atoms with van der Waals surface area (Å²) in [6.07, 6.45) is 10.9. The van der Waals surface area contributed by atoms with Crippen LogP contribution in [0.5, 0.6) is 0 Å². The van der Waals surface area contributed by atoms with E-state index in [2.05, 4.69) is 82.2 Å². The van der Waals surface area contributed by atoms with Gasteiger partial charge in [0.1, 0.15) is 0 Å². The lowest BCUT2D eigenvalue weighted by Crippen LogP contribution is -2.38. The van der Waals surface area contributed by atoms with Crippen LogP contribution in [0.4, 0.5) is 0 Å². The lowest BCUT2D eigenvalue weighted by Gasteiger charge is -2.42. The molecule has 0 bridgehead atoms. The van der Waals surface area contributed by atoms with Gasteiger partial charge in [0, 0.05) is 44.7 Å². The summed E-state index contributed by atoms with van der Waals surface area (Å²) in [5.74, 6) is 0. The summed E-state index contributed by atoms with van der Waals surface area (Å²) in [4.78, 5) is 0. The number of hydrogen-bond donors (Lipinski definition) is 0. The van der Waals surface area contributed by atoms with Gasteiger partial charge in [-0.1, -0.05) is 72.8 Å². The van der Waals surface area contributed by atoms with E-state index in [1.165, 1.54) is 36.3 Å². The minimum absolute atomic E-state index is 0.498. The van der Waals surface area contributed by atoms with Crippen LogP contribution in [-0.2, 0) is 9.47 Å². The first-order valence-electron chi connectivity index (χ1n) is 12.9. The number of rotatable bonds is 10. The molecule has 6 heteroatoms. The maximum Gasteiger partial charge on any atom is 0.0734 e. The molecule has 0 unspecified atom stereocenters. The highest BCUT2D eigenvalue weighted by Crippen LogP contribution is 2.64. The monoisotopic (exact) mass is 508 g/mol. The molecule has 1 aliphatic carbocycles. The molecule has 2 aromatic carbocycles. The molecule has 0 amide bonds. The molecule has 2 aliphatic heterocycles. The number of hydrogen-bond acceptors (Lipinski definition) is 4. The van der Waals surface area contributed by atoms with Gasteiger partial charge in [-0.3, -0.25) is 9.34 Å². The third kappa shape index (κ3) is 5.49. The van der Waals surface area contributed by atoms with E-state index in [-0.39, 0.29) is 0 Å². The highest BCUT2D eigenvalue weighted by Gasteiger charge is 2.42. The molecule has 2 aromatic rings. The van der Waals surface area contributed by atoms with E-state index >= 15 is 0 Å². The van der Waals surface area contributed by atoms with Gasteiger partial charge in [0.05, 0.1) is 21.4 Å². The first-order valence-corrected chi connectivity index (χ1v) is 15.5. The summed E-state index contributed by atoms with van der Waals surface area (Å²) >= 11 is 0. The second kappa shape index (κ2) is 12.2. The smallest absolute Gasteiger partial charge is 0.0734 e. The van der Waals surface area contributed by atoms with E-state index in [9.17, 15) is 0 Å². The van der Waals surface area contributed by atoms with Gasteiger partial charge in [0.15, 0.2) is 0 Å². The minimum atomic E-state index is -0.603. The highest BCUT2D eigenvalue weighted by atomic mass is 31.1. The zero-order valence-electron chi connectivity index (χ0n) is 21.1. The third-order valence-electron chi connectivity index (χ3n) is 7.29. The molecule has 4 nitrogen and oxygen atoms in total. The van der Waals surface area contributed by atoms with Crippen LogP contribution in [0.3, 0.4) is 0 Å². The Morgan fingerprint density at radius 2 is 1.29 bits per heavy atom. The van der Waals surface area contributed by atoms with Crippen LogP contribution in [0.15, 0.2) is 83.4 Å². The molecule has 2 heterocycles. The Hall–Kier alpha value is -1.38. The molecule has 0 aromatic heterocycles. The van der Waals surface area contributed by atoms with Crippen molar-refractivity contribution in [2.45, 2.75) is 44.2 Å². The molecule has 2 fully saturated rings. The predicted octanol–water partition coefficient (Wildman–Crippen LogP) is 5.82. The van der Waals surface area contributed by atoms with Crippen LogP contribution in [0.25, 0.3) is 0 Å². The molecular formula is C29H38N2O2P2. The minimum Gasteiger partial charge on any atom is -0.383 e. The van der Waals surface area contributed by atoms with Gasteiger partial charge in [0.25, 0.3) is 0 Å². The maximum atomic E-state index is 5.71. The Bertz CT molecular complexity index is 950. The normalized spacial score (nSPS) is 23.4. The maximum absolute atomic E-state index is 5.71. The van der Waals surface area contributed by atoms with Crippen LogP contribution in [0.1, 0.15) is 32.1 Å². The number of ether oxygens (including phenoxy) is 2. The lowest BCUT2D eigenvalue weighted by molar-refractivity contribution is 0.138. The van der Waals surface area contributed by atoms with Gasteiger partial charge in [-0.15, -0.1) is 0 Å². The van der Waals surface area contributed by atoms with Crippen molar-refractivity contribution in [1.82, 2.24) is 9.34 Å². The summed E-state index contributed by atoms with van der Waals surface area (Å²) in [7, 11) is 2.53. The molecule has 2 atom stereocenters. The molecule has 5 rings (SSSR count). The molecular weight excluding hydrogens is 470 g/mol. The van der Waals surface area contributed by atoms with Crippen molar-refractivity contribution in [1.29, 1.82) is 0 Å². The van der Waals surface area contributed by atoms with Gasteiger partial charge in [-0.05, 0) is 55.9 Å². The van der Waals surface area contributed by atoms with Gasteiger partial charge < -0.3 is 9.47 Å². The Morgan fingerprint density at radius 3 is 1.77 bits per heavy atom. The molecule has 35 heavy (non-hydrogen) atoms. The second-order valence-corrected chi connectivity index (χ2v) is 13.9. The van der Waals surface area contributed by atoms with Crippen molar-refractivity contribution in [2.24, 2.45) is 0 Å². The van der Waals surface area contributed by atoms with Crippen molar-refractivity contribution in [3.8, 4) is 0 Å². The lowest BCUT2D eigenvalue weighted by atomic mass is 10.2. The fourth-order valence-electron chi connectivity index (χ4n) is 5.77. The molecule has 0 saturated carbocycles. The Labute approximate surface area is 213 Å². The van der Waals surface area contributed by atoms with Crippen molar-refractivity contribution in [2.75, 3.05) is 40.5 Å². The largest absolute Gasteiger partial charge is 0.383 e. The van der Waals surface area contributed by atoms with E-state index < -0.39 is 16.1 Å².